The van der Waals surface area contributed by atoms with Crippen LogP contribution in [0.5, 0.6) is 0 Å². The Hall–Kier alpha value is -1.31. The summed E-state index contributed by atoms with van der Waals surface area (Å²) in [6.07, 6.45) is 4.84. The first-order valence-electron chi connectivity index (χ1n) is 6.02. The van der Waals surface area contributed by atoms with Crippen molar-refractivity contribution in [3.8, 4) is 0 Å². The van der Waals surface area contributed by atoms with Crippen LogP contribution in [0.1, 0.15) is 41.6 Å². The maximum Gasteiger partial charge on any atom is 0.253 e. The highest BCUT2D eigenvalue weighted by molar-refractivity contribution is 5.94. The van der Waals surface area contributed by atoms with Crippen molar-refractivity contribution < 1.29 is 4.79 Å². The molecule has 0 radical (unpaired) electrons. The lowest BCUT2D eigenvalue weighted by Crippen LogP contribution is -2.35. The Balaban J connectivity index is 2.12. The van der Waals surface area contributed by atoms with Crippen molar-refractivity contribution in [1.82, 2.24) is 4.90 Å². The number of aryl methyl sites for hydroxylation is 1. The second-order valence-corrected chi connectivity index (χ2v) is 4.72. The fraction of sp³-hybridized carbons (Fsp3) is 0.500. The minimum atomic E-state index is 0.163. The molecule has 1 aliphatic carbocycles. The van der Waals surface area contributed by atoms with Crippen LogP contribution in [-0.2, 0) is 0 Å². The summed E-state index contributed by atoms with van der Waals surface area (Å²) in [7, 11) is 1.93. The number of amides is 1. The van der Waals surface area contributed by atoms with Crippen LogP contribution in [0.4, 0.5) is 0 Å². The van der Waals surface area contributed by atoms with Gasteiger partial charge in [-0.15, -0.1) is 0 Å². The third-order valence-corrected chi connectivity index (χ3v) is 3.46. The van der Waals surface area contributed by atoms with Gasteiger partial charge in [-0.25, -0.2) is 0 Å². The molecule has 1 aromatic carbocycles. The van der Waals surface area contributed by atoms with E-state index in [9.17, 15) is 4.79 Å². The predicted molar refractivity (Wildman–Crippen MR) is 65.5 cm³/mol. The molecule has 0 atom stereocenters. The van der Waals surface area contributed by atoms with Crippen LogP contribution in [0.2, 0.25) is 0 Å². The Labute approximate surface area is 97.3 Å². The summed E-state index contributed by atoms with van der Waals surface area (Å²) < 4.78 is 0. The van der Waals surface area contributed by atoms with Crippen molar-refractivity contribution in [3.63, 3.8) is 0 Å². The Morgan fingerprint density at radius 3 is 2.62 bits per heavy atom. The molecule has 0 saturated heterocycles. The highest BCUT2D eigenvalue weighted by Gasteiger charge is 2.23. The second kappa shape index (κ2) is 4.69. The van der Waals surface area contributed by atoms with Crippen molar-refractivity contribution >= 4 is 5.91 Å². The Kier molecular flexibility index (Phi) is 3.28. The van der Waals surface area contributed by atoms with E-state index < -0.39 is 0 Å². The molecule has 0 bridgehead atoms. The van der Waals surface area contributed by atoms with Crippen LogP contribution < -0.4 is 0 Å². The van der Waals surface area contributed by atoms with Gasteiger partial charge in [0.2, 0.25) is 0 Å². The van der Waals surface area contributed by atoms with Gasteiger partial charge in [-0.1, -0.05) is 30.5 Å². The smallest absolute Gasteiger partial charge is 0.253 e. The summed E-state index contributed by atoms with van der Waals surface area (Å²) in [4.78, 5) is 14.1. The fourth-order valence-corrected chi connectivity index (χ4v) is 2.44. The minimum absolute atomic E-state index is 0.163. The largest absolute Gasteiger partial charge is 0.339 e. The lowest BCUT2D eigenvalue weighted by atomic mass is 10.1. The first kappa shape index (κ1) is 11.2. The molecule has 0 unspecified atom stereocenters. The van der Waals surface area contributed by atoms with Gasteiger partial charge in [-0.2, -0.15) is 0 Å². The minimum Gasteiger partial charge on any atom is -0.339 e. The van der Waals surface area contributed by atoms with E-state index in [1.165, 1.54) is 12.8 Å². The second-order valence-electron chi connectivity index (χ2n) is 4.72. The molecule has 0 spiro atoms. The van der Waals surface area contributed by atoms with Gasteiger partial charge >= 0.3 is 0 Å². The third kappa shape index (κ3) is 2.26. The van der Waals surface area contributed by atoms with E-state index >= 15 is 0 Å². The number of hydrogen-bond acceptors (Lipinski definition) is 1. The van der Waals surface area contributed by atoms with Crippen molar-refractivity contribution in [3.05, 3.63) is 35.4 Å². The quantitative estimate of drug-likeness (QED) is 0.745. The zero-order valence-electron chi connectivity index (χ0n) is 10.1. The summed E-state index contributed by atoms with van der Waals surface area (Å²) in [6.45, 7) is 2.02. The summed E-state index contributed by atoms with van der Waals surface area (Å²) in [5.74, 6) is 0.163. The molecule has 16 heavy (non-hydrogen) atoms. The number of benzene rings is 1. The maximum atomic E-state index is 12.2. The fourth-order valence-electron chi connectivity index (χ4n) is 2.44. The van der Waals surface area contributed by atoms with Gasteiger partial charge in [0.15, 0.2) is 0 Å². The number of nitrogens with zero attached hydrogens (tertiary/aromatic N) is 1. The van der Waals surface area contributed by atoms with Crippen molar-refractivity contribution in [1.29, 1.82) is 0 Å². The Morgan fingerprint density at radius 1 is 1.31 bits per heavy atom. The van der Waals surface area contributed by atoms with E-state index in [1.807, 2.05) is 43.1 Å². The molecular formula is C14H19NO. The van der Waals surface area contributed by atoms with Gasteiger partial charge in [0.05, 0.1) is 0 Å². The van der Waals surface area contributed by atoms with Gasteiger partial charge in [-0.05, 0) is 31.9 Å². The molecule has 0 heterocycles. The third-order valence-electron chi connectivity index (χ3n) is 3.46. The van der Waals surface area contributed by atoms with Gasteiger partial charge < -0.3 is 4.90 Å². The normalized spacial score (nSPS) is 16.4. The zero-order chi connectivity index (χ0) is 11.5. The average molecular weight is 217 g/mol. The van der Waals surface area contributed by atoms with E-state index in [-0.39, 0.29) is 5.91 Å². The first-order valence-corrected chi connectivity index (χ1v) is 6.02. The predicted octanol–water partition coefficient (Wildman–Crippen LogP) is 3.01. The van der Waals surface area contributed by atoms with Crippen molar-refractivity contribution in [2.45, 2.75) is 38.6 Å². The highest BCUT2D eigenvalue weighted by Crippen LogP contribution is 2.23. The summed E-state index contributed by atoms with van der Waals surface area (Å²) in [5, 5.41) is 0. The maximum absolute atomic E-state index is 12.2. The highest BCUT2D eigenvalue weighted by atomic mass is 16.2. The number of carbonyl (C=O) groups is 1. The van der Waals surface area contributed by atoms with E-state index in [2.05, 4.69) is 0 Å². The van der Waals surface area contributed by atoms with Crippen LogP contribution in [-0.4, -0.2) is 23.9 Å². The van der Waals surface area contributed by atoms with Gasteiger partial charge in [-0.3, -0.25) is 4.79 Å². The van der Waals surface area contributed by atoms with E-state index in [1.54, 1.807) is 0 Å². The Morgan fingerprint density at radius 2 is 2.00 bits per heavy atom. The molecule has 2 heteroatoms. The van der Waals surface area contributed by atoms with Crippen LogP contribution in [0, 0.1) is 6.92 Å². The SMILES string of the molecule is Cc1cccc(C(=O)N(C)C2CCCC2)c1. The molecule has 1 amide bonds. The molecule has 2 nitrogen and oxygen atoms in total. The van der Waals surface area contributed by atoms with Crippen LogP contribution in [0.25, 0.3) is 0 Å². The average Bonchev–Trinajstić information content (AvgIpc) is 2.80. The Bertz CT molecular complexity index is 380. The molecule has 0 N–H and O–H groups in total. The number of rotatable bonds is 2. The standard InChI is InChI=1S/C14H19NO/c1-11-6-5-7-12(10-11)14(16)15(2)13-8-3-4-9-13/h5-7,10,13H,3-4,8-9H2,1-2H3. The van der Waals surface area contributed by atoms with Crippen LogP contribution >= 0.6 is 0 Å². The topological polar surface area (TPSA) is 20.3 Å². The lowest BCUT2D eigenvalue weighted by molar-refractivity contribution is 0.0735. The van der Waals surface area contributed by atoms with Crippen molar-refractivity contribution in [2.24, 2.45) is 0 Å². The number of carbonyl (C=O) groups excluding carboxylic acids is 1. The molecule has 1 fully saturated rings. The molecule has 0 aromatic heterocycles. The molecule has 86 valence electrons. The van der Waals surface area contributed by atoms with Crippen LogP contribution in [0.15, 0.2) is 24.3 Å². The lowest BCUT2D eigenvalue weighted by Gasteiger charge is -2.24. The monoisotopic (exact) mass is 217 g/mol. The van der Waals surface area contributed by atoms with Gasteiger partial charge in [0, 0.05) is 18.7 Å². The summed E-state index contributed by atoms with van der Waals surface area (Å²) in [6, 6.07) is 8.29. The van der Waals surface area contributed by atoms with E-state index in [0.29, 0.717) is 6.04 Å². The van der Waals surface area contributed by atoms with Gasteiger partial charge in [0.1, 0.15) is 0 Å². The molecule has 2 rings (SSSR count). The molecule has 0 aliphatic heterocycles. The number of hydrogen-bond donors (Lipinski definition) is 0. The molecule has 1 saturated carbocycles. The van der Waals surface area contributed by atoms with Crippen molar-refractivity contribution in [2.75, 3.05) is 7.05 Å². The first-order chi connectivity index (χ1) is 7.68. The van der Waals surface area contributed by atoms with Crippen LogP contribution in [0.3, 0.4) is 0 Å². The van der Waals surface area contributed by atoms with E-state index in [4.69, 9.17) is 0 Å². The molecular weight excluding hydrogens is 198 g/mol. The zero-order valence-corrected chi connectivity index (χ0v) is 10.1. The summed E-state index contributed by atoms with van der Waals surface area (Å²) in [5.41, 5.74) is 1.96. The molecule has 1 aliphatic rings. The van der Waals surface area contributed by atoms with E-state index in [0.717, 1.165) is 24.0 Å². The van der Waals surface area contributed by atoms with Gasteiger partial charge in [0.25, 0.3) is 5.91 Å². The summed E-state index contributed by atoms with van der Waals surface area (Å²) >= 11 is 0. The molecule has 1 aromatic rings.